The van der Waals surface area contributed by atoms with Crippen molar-refractivity contribution in [3.05, 3.63) is 24.3 Å². The highest BCUT2D eigenvalue weighted by Crippen LogP contribution is 2.07. The van der Waals surface area contributed by atoms with E-state index < -0.39 is 39.3 Å². The van der Waals surface area contributed by atoms with Crippen molar-refractivity contribution < 1.29 is 19.2 Å². The number of nitrogens with zero attached hydrogens (tertiary/aromatic N) is 2. The van der Waals surface area contributed by atoms with E-state index >= 15 is 0 Å². The Hall–Kier alpha value is -1.71. The second-order valence-electron chi connectivity index (χ2n) is 3.02. The normalized spacial score (nSPS) is 19.7. The van der Waals surface area contributed by atoms with E-state index in [4.69, 9.17) is 0 Å². The number of amides is 4. The van der Waals surface area contributed by atoms with Crippen molar-refractivity contribution in [3.8, 4) is 0 Å². The van der Waals surface area contributed by atoms with E-state index in [1.54, 1.807) is 0 Å². The van der Waals surface area contributed by atoms with Gasteiger partial charge in [-0.1, -0.05) is 0 Å². The molecule has 2 aliphatic heterocycles. The van der Waals surface area contributed by atoms with E-state index in [2.05, 4.69) is 0 Å². The van der Waals surface area contributed by atoms with E-state index in [0.29, 0.717) is 0 Å². The highest BCUT2D eigenvalue weighted by molar-refractivity contribution is 6.52. The third kappa shape index (κ3) is 1.63. The standard InChI is InChI=1S/2C4H3NO2.Al.H/c2*6-3-1-2-4(7)5-3;;/h2*1-2H,(H,5,6,7);;/q;;+2;/p-2. The summed E-state index contributed by atoms with van der Waals surface area (Å²) in [7, 11) is 0. The summed E-state index contributed by atoms with van der Waals surface area (Å²) in [6, 6.07) is 0. The third-order valence-electron chi connectivity index (χ3n) is 2.08. The Balaban J connectivity index is 2.10. The first-order valence-corrected chi connectivity index (χ1v) is 5.43. The highest BCUT2D eigenvalue weighted by Gasteiger charge is 2.34. The van der Waals surface area contributed by atoms with Gasteiger partial charge in [-0.3, -0.25) is 19.2 Å². The van der Waals surface area contributed by atoms with E-state index in [1.807, 2.05) is 0 Å². The molecule has 2 rings (SSSR count). The fourth-order valence-corrected chi connectivity index (χ4v) is 2.54. The molecule has 2 aliphatic rings. The van der Waals surface area contributed by atoms with Crippen molar-refractivity contribution in [3.63, 3.8) is 0 Å². The first-order chi connectivity index (χ1) is 7.09. The van der Waals surface area contributed by atoms with Crippen LogP contribution in [0.3, 0.4) is 0 Å². The topological polar surface area (TPSA) is 74.8 Å². The van der Waals surface area contributed by atoms with Gasteiger partial charge in [0.2, 0.25) is 23.6 Å². The number of rotatable bonds is 2. The highest BCUT2D eigenvalue weighted by atomic mass is 27.1. The average molecular weight is 220 g/mol. The second kappa shape index (κ2) is 3.46. The fraction of sp³-hybridized carbons (Fsp3) is 0. The third-order valence-corrected chi connectivity index (χ3v) is 3.90. The number of carbonyl (C=O) groups excluding carboxylic acids is 4. The molecule has 74 valence electrons. The van der Waals surface area contributed by atoms with E-state index in [1.165, 1.54) is 0 Å². The maximum absolute atomic E-state index is 11.2. The number of hydrogen-bond donors (Lipinski definition) is 0. The molecule has 0 fully saturated rings. The van der Waals surface area contributed by atoms with Crippen LogP contribution in [-0.2, 0) is 19.2 Å². The van der Waals surface area contributed by atoms with Crippen molar-refractivity contribution in [2.24, 2.45) is 0 Å². The molecule has 0 atom stereocenters. The molecule has 2 heterocycles. The lowest BCUT2D eigenvalue weighted by Gasteiger charge is -2.18. The van der Waals surface area contributed by atoms with Gasteiger partial charge in [-0.05, 0) is 0 Å². The van der Waals surface area contributed by atoms with Gasteiger partial charge in [0.15, 0.2) is 0 Å². The first kappa shape index (κ1) is 9.83. The molecule has 0 aromatic heterocycles. The van der Waals surface area contributed by atoms with Gasteiger partial charge < -0.3 is 7.77 Å². The van der Waals surface area contributed by atoms with Crippen LogP contribution >= 0.6 is 0 Å². The minimum Gasteiger partial charge on any atom is -0.351 e. The number of hydrogen-bond acceptors (Lipinski definition) is 4. The molecule has 0 aromatic rings. The molecule has 0 saturated heterocycles. The van der Waals surface area contributed by atoms with Crippen molar-refractivity contribution >= 4 is 39.3 Å². The van der Waals surface area contributed by atoms with Gasteiger partial charge >= 0.3 is 15.7 Å². The summed E-state index contributed by atoms with van der Waals surface area (Å²) in [5.41, 5.74) is 0. The van der Waals surface area contributed by atoms with Crippen molar-refractivity contribution in [1.29, 1.82) is 0 Å². The lowest BCUT2D eigenvalue weighted by atomic mass is 10.6. The van der Waals surface area contributed by atoms with Crippen LogP contribution in [0.1, 0.15) is 0 Å². The molecule has 0 bridgehead atoms. The van der Waals surface area contributed by atoms with Crippen molar-refractivity contribution in [2.45, 2.75) is 0 Å². The van der Waals surface area contributed by atoms with Crippen LogP contribution in [0.25, 0.3) is 0 Å². The summed E-state index contributed by atoms with van der Waals surface area (Å²) in [6.07, 6.45) is 4.53. The summed E-state index contributed by atoms with van der Waals surface area (Å²) in [5, 5.41) is 0. The van der Waals surface area contributed by atoms with Crippen LogP contribution in [-0.4, -0.2) is 47.1 Å². The zero-order chi connectivity index (χ0) is 11.0. The lowest BCUT2D eigenvalue weighted by molar-refractivity contribution is -0.133. The van der Waals surface area contributed by atoms with Gasteiger partial charge in [0.25, 0.3) is 0 Å². The molecule has 0 saturated carbocycles. The van der Waals surface area contributed by atoms with Crippen LogP contribution in [0, 0.1) is 0 Å². The maximum Gasteiger partial charge on any atom is 0.569 e. The van der Waals surface area contributed by atoms with Gasteiger partial charge in [-0.15, -0.1) is 0 Å². The number of carbonyl (C=O) groups is 4. The largest absolute Gasteiger partial charge is 0.569 e. The zero-order valence-electron chi connectivity index (χ0n) is 7.54. The van der Waals surface area contributed by atoms with Crippen LogP contribution < -0.4 is 0 Å². The monoisotopic (exact) mass is 220 g/mol. The fourth-order valence-electron chi connectivity index (χ4n) is 1.28. The SMILES string of the molecule is O=C1C=CC(=O)[N]1[AlH][N]1C(=O)C=CC1=O. The summed E-state index contributed by atoms with van der Waals surface area (Å²) >= 11 is -1.68. The molecule has 0 N–H and O–H groups in total. The predicted octanol–water partition coefficient (Wildman–Crippen LogP) is -1.90. The van der Waals surface area contributed by atoms with E-state index in [-0.39, 0.29) is 0 Å². The quantitative estimate of drug-likeness (QED) is 0.402. The maximum atomic E-state index is 11.2. The lowest BCUT2D eigenvalue weighted by Crippen LogP contribution is -2.47. The Kier molecular flexibility index (Phi) is 2.27. The van der Waals surface area contributed by atoms with Gasteiger partial charge in [0.1, 0.15) is 0 Å². The van der Waals surface area contributed by atoms with Crippen LogP contribution in [0.5, 0.6) is 0 Å². The minimum absolute atomic E-state index is 0.459. The first-order valence-electron chi connectivity index (χ1n) is 4.16. The second-order valence-corrected chi connectivity index (χ2v) is 4.56. The van der Waals surface area contributed by atoms with Gasteiger partial charge in [0.05, 0.1) is 0 Å². The van der Waals surface area contributed by atoms with Gasteiger partial charge in [0, 0.05) is 24.3 Å². The zero-order valence-corrected chi connectivity index (χ0v) is 8.96. The minimum atomic E-state index is -1.68. The smallest absolute Gasteiger partial charge is 0.351 e. The van der Waals surface area contributed by atoms with Gasteiger partial charge in [-0.25, -0.2) is 0 Å². The van der Waals surface area contributed by atoms with E-state index in [0.717, 1.165) is 32.1 Å². The molecule has 15 heavy (non-hydrogen) atoms. The summed E-state index contributed by atoms with van der Waals surface area (Å²) < 4.78 is 1.92. The van der Waals surface area contributed by atoms with Crippen LogP contribution in [0.4, 0.5) is 0 Å². The Bertz CT molecular complexity index is 364. The van der Waals surface area contributed by atoms with Crippen molar-refractivity contribution in [1.82, 2.24) is 7.77 Å². The van der Waals surface area contributed by atoms with E-state index in [9.17, 15) is 19.2 Å². The Morgan fingerprint density at radius 1 is 0.667 bits per heavy atom. The van der Waals surface area contributed by atoms with Crippen LogP contribution in [0.15, 0.2) is 24.3 Å². The summed E-state index contributed by atoms with van der Waals surface area (Å²) in [5.74, 6) is -1.84. The predicted molar refractivity (Wildman–Crippen MR) is 49.1 cm³/mol. The molecule has 6 nitrogen and oxygen atoms in total. The molecular weight excluding hydrogens is 215 g/mol. The Labute approximate surface area is 91.0 Å². The molecular formula is C8H5AlN2O4. The molecule has 0 unspecified atom stereocenters. The molecule has 4 amide bonds. The molecule has 0 aromatic carbocycles. The summed E-state index contributed by atoms with van der Waals surface area (Å²) in [6.45, 7) is 0. The molecule has 7 heteroatoms. The molecule has 0 spiro atoms. The summed E-state index contributed by atoms with van der Waals surface area (Å²) in [4.78, 5) is 44.7. The number of imide groups is 2. The van der Waals surface area contributed by atoms with Crippen molar-refractivity contribution in [2.75, 3.05) is 0 Å². The van der Waals surface area contributed by atoms with Crippen LogP contribution in [0.2, 0.25) is 0 Å². The molecule has 0 radical (unpaired) electrons. The molecule has 0 aliphatic carbocycles. The Morgan fingerprint density at radius 2 is 0.933 bits per heavy atom. The average Bonchev–Trinajstić information content (AvgIpc) is 2.67. The van der Waals surface area contributed by atoms with Gasteiger partial charge in [-0.2, -0.15) is 0 Å². The Morgan fingerprint density at radius 3 is 1.20 bits per heavy atom.